The maximum Gasteiger partial charge on any atom is -0.0122 e. The first-order valence-electron chi connectivity index (χ1n) is 6.86. The molecule has 0 heteroatoms. The van der Waals surface area contributed by atoms with Crippen LogP contribution < -0.4 is 0 Å². The normalized spacial score (nSPS) is 13.6. The van der Waals surface area contributed by atoms with Crippen LogP contribution in [0, 0.1) is 6.92 Å². The highest BCUT2D eigenvalue weighted by molar-refractivity contribution is 5.84. The Morgan fingerprint density at radius 2 is 1.84 bits per heavy atom. The first-order valence-corrected chi connectivity index (χ1v) is 6.86. The topological polar surface area (TPSA) is 0 Å². The van der Waals surface area contributed by atoms with E-state index in [2.05, 4.69) is 69.8 Å². The summed E-state index contributed by atoms with van der Waals surface area (Å²) < 4.78 is 0. The molecule has 0 saturated carbocycles. The Labute approximate surface area is 117 Å². The highest BCUT2D eigenvalue weighted by Gasteiger charge is 2.08. The van der Waals surface area contributed by atoms with Gasteiger partial charge in [-0.2, -0.15) is 0 Å². The molecule has 0 atom stereocenters. The summed E-state index contributed by atoms with van der Waals surface area (Å²) in [6, 6.07) is 8.73. The van der Waals surface area contributed by atoms with Gasteiger partial charge >= 0.3 is 0 Å². The van der Waals surface area contributed by atoms with Gasteiger partial charge in [-0.05, 0) is 43.9 Å². The maximum absolute atomic E-state index is 3.83. The van der Waals surface area contributed by atoms with Crippen molar-refractivity contribution < 1.29 is 0 Å². The van der Waals surface area contributed by atoms with Gasteiger partial charge in [0.15, 0.2) is 0 Å². The number of benzene rings is 1. The summed E-state index contributed by atoms with van der Waals surface area (Å²) in [6.45, 7) is 12.4. The van der Waals surface area contributed by atoms with Crippen molar-refractivity contribution in [1.82, 2.24) is 0 Å². The Bertz CT molecular complexity index is 507. The van der Waals surface area contributed by atoms with Gasteiger partial charge in [0.05, 0.1) is 0 Å². The summed E-state index contributed by atoms with van der Waals surface area (Å²) in [4.78, 5) is 0. The van der Waals surface area contributed by atoms with Crippen molar-refractivity contribution in [2.45, 2.75) is 34.1 Å². The number of hydrogen-bond acceptors (Lipinski definition) is 0. The SMILES string of the molecule is C=CC=C(C=CC)C(=C(C)CC)c1ccc(C)cc1. The van der Waals surface area contributed by atoms with Crippen LogP contribution in [0.15, 0.2) is 66.3 Å². The van der Waals surface area contributed by atoms with Crippen LogP contribution in [0.5, 0.6) is 0 Å². The second-order valence-corrected chi connectivity index (χ2v) is 4.73. The summed E-state index contributed by atoms with van der Waals surface area (Å²) >= 11 is 0. The third-order valence-electron chi connectivity index (χ3n) is 3.23. The van der Waals surface area contributed by atoms with Crippen LogP contribution in [0.4, 0.5) is 0 Å². The second-order valence-electron chi connectivity index (χ2n) is 4.73. The third kappa shape index (κ3) is 4.10. The molecule has 0 nitrogen and oxygen atoms in total. The molecule has 0 saturated heterocycles. The molecular formula is C19H24. The molecule has 100 valence electrons. The Hall–Kier alpha value is -1.82. The molecule has 1 aromatic carbocycles. The van der Waals surface area contributed by atoms with Gasteiger partial charge in [0, 0.05) is 0 Å². The van der Waals surface area contributed by atoms with E-state index in [1.165, 1.54) is 27.8 Å². The largest absolute Gasteiger partial charge is 0.0990 e. The molecule has 0 amide bonds. The fraction of sp³-hybridized carbons (Fsp3) is 0.263. The lowest BCUT2D eigenvalue weighted by molar-refractivity contribution is 1.10. The molecule has 0 aliphatic rings. The first-order chi connectivity index (χ1) is 9.13. The van der Waals surface area contributed by atoms with E-state index in [1.807, 2.05) is 13.0 Å². The zero-order chi connectivity index (χ0) is 14.3. The molecule has 0 heterocycles. The standard InChI is InChI=1S/C19H24/c1-6-9-17(10-7-2)19(16(5)8-3)18-13-11-15(4)12-14-18/h6-7,9-14H,1,8H2,2-5H3. The van der Waals surface area contributed by atoms with Gasteiger partial charge in [0.25, 0.3) is 0 Å². The fourth-order valence-corrected chi connectivity index (χ4v) is 2.09. The van der Waals surface area contributed by atoms with Crippen molar-refractivity contribution in [3.05, 3.63) is 77.4 Å². The van der Waals surface area contributed by atoms with Gasteiger partial charge in [0.1, 0.15) is 0 Å². The maximum atomic E-state index is 3.83. The third-order valence-corrected chi connectivity index (χ3v) is 3.23. The van der Waals surface area contributed by atoms with Crippen LogP contribution in [0.2, 0.25) is 0 Å². The summed E-state index contributed by atoms with van der Waals surface area (Å²) in [6.07, 6.45) is 9.21. The molecule has 0 aromatic heterocycles. The molecule has 0 spiro atoms. The molecule has 0 radical (unpaired) electrons. The van der Waals surface area contributed by atoms with Gasteiger partial charge < -0.3 is 0 Å². The summed E-state index contributed by atoms with van der Waals surface area (Å²) in [5.41, 5.74) is 6.50. The van der Waals surface area contributed by atoms with E-state index in [0.717, 1.165) is 6.42 Å². The molecule has 0 aliphatic heterocycles. The molecule has 0 unspecified atom stereocenters. The van der Waals surface area contributed by atoms with Gasteiger partial charge in [-0.25, -0.2) is 0 Å². The van der Waals surface area contributed by atoms with Crippen molar-refractivity contribution in [1.29, 1.82) is 0 Å². The van der Waals surface area contributed by atoms with Crippen molar-refractivity contribution >= 4 is 5.57 Å². The van der Waals surface area contributed by atoms with Gasteiger partial charge in [-0.3, -0.25) is 0 Å². The minimum Gasteiger partial charge on any atom is -0.0990 e. The van der Waals surface area contributed by atoms with E-state index in [-0.39, 0.29) is 0 Å². The Kier molecular flexibility index (Phi) is 6.08. The molecular weight excluding hydrogens is 228 g/mol. The first kappa shape index (κ1) is 15.2. The van der Waals surface area contributed by atoms with Crippen molar-refractivity contribution in [2.75, 3.05) is 0 Å². The minimum absolute atomic E-state index is 1.05. The van der Waals surface area contributed by atoms with E-state index < -0.39 is 0 Å². The highest BCUT2D eigenvalue weighted by Crippen LogP contribution is 2.29. The average molecular weight is 252 g/mol. The quantitative estimate of drug-likeness (QED) is 0.575. The fourth-order valence-electron chi connectivity index (χ4n) is 2.09. The summed E-state index contributed by atoms with van der Waals surface area (Å²) in [7, 11) is 0. The summed E-state index contributed by atoms with van der Waals surface area (Å²) in [5.74, 6) is 0. The van der Waals surface area contributed by atoms with Crippen LogP contribution in [0.3, 0.4) is 0 Å². The van der Waals surface area contributed by atoms with Crippen LogP contribution in [0.1, 0.15) is 38.3 Å². The van der Waals surface area contributed by atoms with Gasteiger partial charge in [-0.1, -0.05) is 73.2 Å². The zero-order valence-corrected chi connectivity index (χ0v) is 12.5. The zero-order valence-electron chi connectivity index (χ0n) is 12.5. The van der Waals surface area contributed by atoms with Gasteiger partial charge in [-0.15, -0.1) is 0 Å². The number of hydrogen-bond donors (Lipinski definition) is 0. The van der Waals surface area contributed by atoms with Crippen molar-refractivity contribution in [3.63, 3.8) is 0 Å². The molecule has 1 rings (SSSR count). The van der Waals surface area contributed by atoms with Gasteiger partial charge in [0.2, 0.25) is 0 Å². The molecule has 0 bridgehead atoms. The van der Waals surface area contributed by atoms with Crippen LogP contribution >= 0.6 is 0 Å². The molecule has 0 aliphatic carbocycles. The predicted octanol–water partition coefficient (Wildman–Crippen LogP) is 5.87. The molecule has 1 aromatic rings. The van der Waals surface area contributed by atoms with E-state index in [4.69, 9.17) is 0 Å². The Morgan fingerprint density at radius 1 is 1.21 bits per heavy atom. The molecule has 0 fully saturated rings. The number of rotatable bonds is 5. The Morgan fingerprint density at radius 3 is 2.32 bits per heavy atom. The molecule has 19 heavy (non-hydrogen) atoms. The van der Waals surface area contributed by atoms with Crippen LogP contribution in [0.25, 0.3) is 5.57 Å². The van der Waals surface area contributed by atoms with E-state index in [0.29, 0.717) is 0 Å². The Balaban J connectivity index is 3.42. The van der Waals surface area contributed by atoms with Crippen molar-refractivity contribution in [2.24, 2.45) is 0 Å². The smallest absolute Gasteiger partial charge is 0.0122 e. The van der Waals surface area contributed by atoms with E-state index in [9.17, 15) is 0 Å². The second kappa shape index (κ2) is 7.58. The van der Waals surface area contributed by atoms with Crippen LogP contribution in [-0.4, -0.2) is 0 Å². The van der Waals surface area contributed by atoms with E-state index in [1.54, 1.807) is 0 Å². The number of aryl methyl sites for hydroxylation is 1. The van der Waals surface area contributed by atoms with Crippen LogP contribution in [-0.2, 0) is 0 Å². The lowest BCUT2D eigenvalue weighted by atomic mass is 9.91. The molecule has 0 N–H and O–H groups in total. The predicted molar refractivity (Wildman–Crippen MR) is 87.2 cm³/mol. The summed E-state index contributed by atoms with van der Waals surface area (Å²) in [5, 5.41) is 0. The number of allylic oxidation sites excluding steroid dienone is 7. The van der Waals surface area contributed by atoms with E-state index >= 15 is 0 Å². The minimum atomic E-state index is 1.05. The average Bonchev–Trinajstić information content (AvgIpc) is 2.41. The monoisotopic (exact) mass is 252 g/mol. The lowest BCUT2D eigenvalue weighted by Crippen LogP contribution is -1.92. The highest BCUT2D eigenvalue weighted by atomic mass is 14.1. The lowest BCUT2D eigenvalue weighted by Gasteiger charge is -2.14. The van der Waals surface area contributed by atoms with Crippen molar-refractivity contribution in [3.8, 4) is 0 Å².